The lowest BCUT2D eigenvalue weighted by atomic mass is 10.0. The van der Waals surface area contributed by atoms with E-state index in [0.29, 0.717) is 18.8 Å². The molecule has 112 valence electrons. The van der Waals surface area contributed by atoms with E-state index in [4.69, 9.17) is 14.2 Å². The fourth-order valence-electron chi connectivity index (χ4n) is 2.15. The molecule has 2 aromatic rings. The molecule has 0 aliphatic rings. The van der Waals surface area contributed by atoms with Gasteiger partial charge in [-0.15, -0.1) is 0 Å². The summed E-state index contributed by atoms with van der Waals surface area (Å²) in [6, 6.07) is 9.37. The van der Waals surface area contributed by atoms with Crippen molar-refractivity contribution in [1.82, 2.24) is 0 Å². The quantitative estimate of drug-likeness (QED) is 0.462. The number of hydrogen-bond donors (Lipinski definition) is 0. The van der Waals surface area contributed by atoms with Crippen molar-refractivity contribution in [2.75, 3.05) is 20.0 Å². The van der Waals surface area contributed by atoms with Crippen LogP contribution >= 0.6 is 0 Å². The SMILES string of the molecule is CCOCOc1ccc2cc(C(=O)OCC)ccc2c1C. The van der Waals surface area contributed by atoms with Crippen LogP contribution in [0, 0.1) is 6.92 Å². The van der Waals surface area contributed by atoms with Gasteiger partial charge in [0.25, 0.3) is 0 Å². The van der Waals surface area contributed by atoms with Gasteiger partial charge in [0.2, 0.25) is 0 Å². The molecule has 0 aliphatic carbocycles. The summed E-state index contributed by atoms with van der Waals surface area (Å²) in [4.78, 5) is 11.8. The van der Waals surface area contributed by atoms with Crippen LogP contribution in [0.4, 0.5) is 0 Å². The second-order valence-corrected chi connectivity index (χ2v) is 4.60. The average molecular weight is 288 g/mol. The van der Waals surface area contributed by atoms with Gasteiger partial charge in [-0.1, -0.05) is 12.1 Å². The number of ether oxygens (including phenoxy) is 3. The van der Waals surface area contributed by atoms with E-state index in [0.717, 1.165) is 22.1 Å². The molecule has 0 saturated carbocycles. The van der Waals surface area contributed by atoms with Crippen molar-refractivity contribution in [3.63, 3.8) is 0 Å². The van der Waals surface area contributed by atoms with Gasteiger partial charge in [0.1, 0.15) is 5.75 Å². The predicted octanol–water partition coefficient (Wildman–Crippen LogP) is 3.70. The number of benzene rings is 2. The maximum Gasteiger partial charge on any atom is 0.338 e. The van der Waals surface area contributed by atoms with E-state index in [9.17, 15) is 4.79 Å². The molecule has 4 heteroatoms. The first kappa shape index (κ1) is 15.3. The molecule has 0 saturated heterocycles. The van der Waals surface area contributed by atoms with Crippen LogP contribution in [0.3, 0.4) is 0 Å². The second-order valence-electron chi connectivity index (χ2n) is 4.60. The van der Waals surface area contributed by atoms with E-state index < -0.39 is 0 Å². The summed E-state index contributed by atoms with van der Waals surface area (Å²) < 4.78 is 15.8. The minimum Gasteiger partial charge on any atom is -0.467 e. The van der Waals surface area contributed by atoms with E-state index in [1.807, 2.05) is 38.1 Å². The van der Waals surface area contributed by atoms with Gasteiger partial charge in [0.05, 0.1) is 12.2 Å². The highest BCUT2D eigenvalue weighted by atomic mass is 16.7. The summed E-state index contributed by atoms with van der Waals surface area (Å²) in [5.74, 6) is 0.494. The lowest BCUT2D eigenvalue weighted by molar-refractivity contribution is 0.0221. The Morgan fingerprint density at radius 3 is 2.62 bits per heavy atom. The molecule has 4 nitrogen and oxygen atoms in total. The van der Waals surface area contributed by atoms with Crippen molar-refractivity contribution in [2.24, 2.45) is 0 Å². The maximum absolute atomic E-state index is 11.8. The van der Waals surface area contributed by atoms with Gasteiger partial charge in [-0.3, -0.25) is 0 Å². The molecule has 21 heavy (non-hydrogen) atoms. The lowest BCUT2D eigenvalue weighted by Gasteiger charge is -2.12. The van der Waals surface area contributed by atoms with Gasteiger partial charge in [-0.2, -0.15) is 0 Å². The topological polar surface area (TPSA) is 44.8 Å². The molecule has 2 rings (SSSR count). The lowest BCUT2D eigenvalue weighted by Crippen LogP contribution is -2.05. The Kier molecular flexibility index (Phi) is 5.17. The minimum absolute atomic E-state index is 0.240. The van der Waals surface area contributed by atoms with E-state index in [-0.39, 0.29) is 12.8 Å². The first-order chi connectivity index (χ1) is 10.2. The van der Waals surface area contributed by atoms with Gasteiger partial charge in [0.15, 0.2) is 6.79 Å². The molecule has 0 heterocycles. The number of carbonyl (C=O) groups excluding carboxylic acids is 1. The molecule has 0 aromatic heterocycles. The number of carbonyl (C=O) groups is 1. The Morgan fingerprint density at radius 1 is 1.10 bits per heavy atom. The Morgan fingerprint density at radius 2 is 1.90 bits per heavy atom. The molecule has 0 fully saturated rings. The number of rotatable bonds is 6. The Bertz CT molecular complexity index is 634. The standard InChI is InChI=1S/C17H20O4/c1-4-19-11-21-16-9-7-13-10-14(17(18)20-5-2)6-8-15(13)12(16)3/h6-10H,4-5,11H2,1-3H3. The average Bonchev–Trinajstić information content (AvgIpc) is 2.49. The molecule has 0 aliphatic heterocycles. The zero-order chi connectivity index (χ0) is 15.2. The van der Waals surface area contributed by atoms with Gasteiger partial charge in [-0.05, 0) is 55.3 Å². The highest BCUT2D eigenvalue weighted by Gasteiger charge is 2.10. The van der Waals surface area contributed by atoms with Gasteiger partial charge < -0.3 is 14.2 Å². The molecule has 0 N–H and O–H groups in total. The third-order valence-corrected chi connectivity index (χ3v) is 3.25. The van der Waals surface area contributed by atoms with Crippen LogP contribution in [0.2, 0.25) is 0 Å². The van der Waals surface area contributed by atoms with Crippen LogP contribution in [0.5, 0.6) is 5.75 Å². The highest BCUT2D eigenvalue weighted by molar-refractivity contribution is 5.96. The summed E-state index contributed by atoms with van der Waals surface area (Å²) in [5, 5.41) is 2.04. The zero-order valence-corrected chi connectivity index (χ0v) is 12.6. The van der Waals surface area contributed by atoms with Crippen LogP contribution in [0.1, 0.15) is 29.8 Å². The van der Waals surface area contributed by atoms with Crippen LogP contribution in [0.25, 0.3) is 10.8 Å². The van der Waals surface area contributed by atoms with Crippen molar-refractivity contribution in [1.29, 1.82) is 0 Å². The summed E-state index contributed by atoms with van der Waals surface area (Å²) in [6.07, 6.45) is 0. The number of fused-ring (bicyclic) bond motifs is 1. The van der Waals surface area contributed by atoms with Crippen molar-refractivity contribution in [2.45, 2.75) is 20.8 Å². The summed E-state index contributed by atoms with van der Waals surface area (Å²) >= 11 is 0. The van der Waals surface area contributed by atoms with E-state index in [1.54, 1.807) is 13.0 Å². The molecule has 0 bridgehead atoms. The highest BCUT2D eigenvalue weighted by Crippen LogP contribution is 2.28. The van der Waals surface area contributed by atoms with E-state index >= 15 is 0 Å². The molecule has 2 aromatic carbocycles. The number of esters is 1. The third-order valence-electron chi connectivity index (χ3n) is 3.25. The van der Waals surface area contributed by atoms with Gasteiger partial charge in [0, 0.05) is 6.61 Å². The van der Waals surface area contributed by atoms with Crippen LogP contribution in [-0.2, 0) is 9.47 Å². The molecule has 0 amide bonds. The van der Waals surface area contributed by atoms with E-state index in [2.05, 4.69) is 0 Å². The van der Waals surface area contributed by atoms with Gasteiger partial charge in [-0.25, -0.2) is 4.79 Å². The largest absolute Gasteiger partial charge is 0.467 e. The normalized spacial score (nSPS) is 10.6. The molecule has 0 unspecified atom stereocenters. The van der Waals surface area contributed by atoms with Crippen molar-refractivity contribution < 1.29 is 19.0 Å². The molecular weight excluding hydrogens is 268 g/mol. The molecule has 0 radical (unpaired) electrons. The van der Waals surface area contributed by atoms with Crippen molar-refractivity contribution >= 4 is 16.7 Å². The number of aryl methyl sites for hydroxylation is 1. The first-order valence-corrected chi connectivity index (χ1v) is 7.08. The second kappa shape index (κ2) is 7.09. The van der Waals surface area contributed by atoms with Crippen LogP contribution in [-0.4, -0.2) is 26.0 Å². The van der Waals surface area contributed by atoms with Crippen molar-refractivity contribution in [3.05, 3.63) is 41.5 Å². The molecule has 0 atom stereocenters. The Hall–Kier alpha value is -2.07. The van der Waals surface area contributed by atoms with Crippen LogP contribution < -0.4 is 4.74 Å². The number of hydrogen-bond acceptors (Lipinski definition) is 4. The first-order valence-electron chi connectivity index (χ1n) is 7.08. The van der Waals surface area contributed by atoms with Crippen LogP contribution in [0.15, 0.2) is 30.3 Å². The summed E-state index contributed by atoms with van der Waals surface area (Å²) in [7, 11) is 0. The Labute approximate surface area is 124 Å². The van der Waals surface area contributed by atoms with E-state index in [1.165, 1.54) is 0 Å². The van der Waals surface area contributed by atoms with Crippen molar-refractivity contribution in [3.8, 4) is 5.75 Å². The monoisotopic (exact) mass is 288 g/mol. The fourth-order valence-corrected chi connectivity index (χ4v) is 2.15. The molecule has 0 spiro atoms. The zero-order valence-electron chi connectivity index (χ0n) is 12.6. The summed E-state index contributed by atoms with van der Waals surface area (Å²) in [6.45, 7) is 6.95. The maximum atomic E-state index is 11.8. The third kappa shape index (κ3) is 3.52. The summed E-state index contributed by atoms with van der Waals surface area (Å²) in [5.41, 5.74) is 1.59. The minimum atomic E-state index is -0.297. The van der Waals surface area contributed by atoms with Gasteiger partial charge >= 0.3 is 5.97 Å². The molecular formula is C17H20O4. The Balaban J connectivity index is 2.30. The smallest absolute Gasteiger partial charge is 0.338 e. The fraction of sp³-hybridized carbons (Fsp3) is 0.353. The predicted molar refractivity (Wildman–Crippen MR) is 81.8 cm³/mol.